The van der Waals surface area contributed by atoms with Gasteiger partial charge in [-0.1, -0.05) is 39.7 Å². The van der Waals surface area contributed by atoms with Gasteiger partial charge in [0.1, 0.15) is 11.8 Å². The lowest BCUT2D eigenvalue weighted by molar-refractivity contribution is -0.142. The minimum absolute atomic E-state index is 0.0112. The van der Waals surface area contributed by atoms with Crippen LogP contribution in [0.15, 0.2) is 46.9 Å². The molecule has 0 saturated heterocycles. The van der Waals surface area contributed by atoms with Crippen LogP contribution in [0.1, 0.15) is 31.9 Å². The van der Waals surface area contributed by atoms with E-state index in [1.807, 2.05) is 45.0 Å². The Kier molecular flexibility index (Phi) is 8.53. The van der Waals surface area contributed by atoms with Gasteiger partial charge in [-0.15, -0.1) is 0 Å². The molecule has 0 bridgehead atoms. The first-order valence-corrected chi connectivity index (χ1v) is 10.6. The number of aryl methyl sites for hydroxylation is 1. The van der Waals surface area contributed by atoms with Gasteiger partial charge in [0, 0.05) is 22.1 Å². The molecule has 2 rings (SSSR count). The summed E-state index contributed by atoms with van der Waals surface area (Å²) < 4.78 is 6.61. The first-order chi connectivity index (χ1) is 13.7. The van der Waals surface area contributed by atoms with Crippen LogP contribution < -0.4 is 10.1 Å². The Bertz CT molecular complexity index is 856. The van der Waals surface area contributed by atoms with Gasteiger partial charge in [-0.25, -0.2) is 0 Å². The highest BCUT2D eigenvalue weighted by atomic mass is 79.9. The third kappa shape index (κ3) is 7.05. The number of carbonyl (C=O) groups excluding carboxylic acids is 2. The van der Waals surface area contributed by atoms with Crippen LogP contribution in [0.2, 0.25) is 5.02 Å². The van der Waals surface area contributed by atoms with Crippen molar-refractivity contribution in [2.24, 2.45) is 0 Å². The highest BCUT2D eigenvalue weighted by Gasteiger charge is 2.26. The number of halogens is 2. The zero-order valence-electron chi connectivity index (χ0n) is 17.0. The molecule has 0 radical (unpaired) electrons. The van der Waals surface area contributed by atoms with Crippen LogP contribution in [0.4, 0.5) is 0 Å². The number of amides is 2. The first kappa shape index (κ1) is 23.2. The molecule has 2 aromatic carbocycles. The predicted molar refractivity (Wildman–Crippen MR) is 119 cm³/mol. The summed E-state index contributed by atoms with van der Waals surface area (Å²) in [6, 6.07) is 12.2. The number of benzene rings is 2. The SMILES string of the molecule is Cc1cc(OCC(=O)N(Cc2ccc(Br)cc2)[C@H](C)C(=O)NC(C)C)ccc1Cl. The second-order valence-corrected chi connectivity index (χ2v) is 8.51. The second kappa shape index (κ2) is 10.6. The molecule has 156 valence electrons. The van der Waals surface area contributed by atoms with Crippen LogP contribution >= 0.6 is 27.5 Å². The lowest BCUT2D eigenvalue weighted by Crippen LogP contribution is -2.50. The molecule has 0 aliphatic rings. The number of carbonyl (C=O) groups is 2. The van der Waals surface area contributed by atoms with Gasteiger partial charge in [0.2, 0.25) is 5.91 Å². The van der Waals surface area contributed by atoms with E-state index in [2.05, 4.69) is 21.2 Å². The number of nitrogens with zero attached hydrogens (tertiary/aromatic N) is 1. The average Bonchev–Trinajstić information content (AvgIpc) is 2.67. The largest absolute Gasteiger partial charge is 0.484 e. The van der Waals surface area contributed by atoms with Crippen LogP contribution in [0, 0.1) is 6.92 Å². The van der Waals surface area contributed by atoms with Crippen molar-refractivity contribution in [3.05, 3.63) is 63.1 Å². The second-order valence-electron chi connectivity index (χ2n) is 7.19. The molecule has 0 aromatic heterocycles. The van der Waals surface area contributed by atoms with E-state index in [0.29, 0.717) is 17.3 Å². The Morgan fingerprint density at radius 3 is 2.38 bits per heavy atom. The smallest absolute Gasteiger partial charge is 0.261 e. The molecule has 7 heteroatoms. The number of hydrogen-bond donors (Lipinski definition) is 1. The van der Waals surface area contributed by atoms with Crippen LogP contribution in [0.25, 0.3) is 0 Å². The van der Waals surface area contributed by atoms with Gasteiger partial charge >= 0.3 is 0 Å². The summed E-state index contributed by atoms with van der Waals surface area (Å²) >= 11 is 9.44. The molecule has 0 heterocycles. The van der Waals surface area contributed by atoms with E-state index in [1.165, 1.54) is 4.90 Å². The fraction of sp³-hybridized carbons (Fsp3) is 0.364. The molecule has 0 aliphatic heterocycles. The molecule has 5 nitrogen and oxygen atoms in total. The van der Waals surface area contributed by atoms with E-state index in [0.717, 1.165) is 15.6 Å². The fourth-order valence-corrected chi connectivity index (χ4v) is 3.09. The monoisotopic (exact) mass is 480 g/mol. The highest BCUT2D eigenvalue weighted by molar-refractivity contribution is 9.10. The topological polar surface area (TPSA) is 58.6 Å². The quantitative estimate of drug-likeness (QED) is 0.593. The predicted octanol–water partition coefficient (Wildman–Crippen LogP) is 4.73. The van der Waals surface area contributed by atoms with Crippen molar-refractivity contribution in [3.8, 4) is 5.75 Å². The summed E-state index contributed by atoms with van der Waals surface area (Å²) in [6.07, 6.45) is 0. The third-order valence-corrected chi connectivity index (χ3v) is 5.31. The van der Waals surface area contributed by atoms with Gasteiger partial charge in [0.15, 0.2) is 6.61 Å². The average molecular weight is 482 g/mol. The van der Waals surface area contributed by atoms with E-state index in [-0.39, 0.29) is 24.5 Å². The van der Waals surface area contributed by atoms with Crippen molar-refractivity contribution in [1.82, 2.24) is 10.2 Å². The summed E-state index contributed by atoms with van der Waals surface area (Å²) in [5, 5.41) is 3.50. The molecule has 0 fully saturated rings. The summed E-state index contributed by atoms with van der Waals surface area (Å²) in [6.45, 7) is 7.50. The van der Waals surface area contributed by atoms with Gasteiger partial charge in [0.05, 0.1) is 0 Å². The maximum absolute atomic E-state index is 13.0. The van der Waals surface area contributed by atoms with Gasteiger partial charge in [0.25, 0.3) is 5.91 Å². The molecule has 1 atom stereocenters. The summed E-state index contributed by atoms with van der Waals surface area (Å²) in [5.74, 6) is 0.0860. The Labute approximate surface area is 185 Å². The number of ether oxygens (including phenoxy) is 1. The molecule has 0 unspecified atom stereocenters. The number of hydrogen-bond acceptors (Lipinski definition) is 3. The summed E-state index contributed by atoms with van der Waals surface area (Å²) in [7, 11) is 0. The minimum atomic E-state index is -0.635. The van der Waals surface area contributed by atoms with E-state index in [1.54, 1.807) is 25.1 Å². The lowest BCUT2D eigenvalue weighted by Gasteiger charge is -2.29. The van der Waals surface area contributed by atoms with Crippen LogP contribution in [-0.4, -0.2) is 35.4 Å². The molecule has 2 amide bonds. The zero-order valence-corrected chi connectivity index (χ0v) is 19.4. The minimum Gasteiger partial charge on any atom is -0.484 e. The summed E-state index contributed by atoms with van der Waals surface area (Å²) in [4.78, 5) is 27.0. The molecule has 0 aliphatic carbocycles. The van der Waals surface area contributed by atoms with Crippen molar-refractivity contribution in [1.29, 1.82) is 0 Å². The standard InChI is InChI=1S/C22H26BrClN2O3/c1-14(2)25-22(28)16(4)26(12-17-5-7-18(23)8-6-17)21(27)13-29-19-9-10-20(24)15(3)11-19/h5-11,14,16H,12-13H2,1-4H3,(H,25,28)/t16-/m1/s1. The maximum Gasteiger partial charge on any atom is 0.261 e. The Morgan fingerprint density at radius 1 is 1.14 bits per heavy atom. The van der Waals surface area contributed by atoms with Crippen molar-refractivity contribution in [2.75, 3.05) is 6.61 Å². The normalized spacial score (nSPS) is 11.8. The van der Waals surface area contributed by atoms with E-state index < -0.39 is 6.04 Å². The van der Waals surface area contributed by atoms with Crippen LogP contribution in [0.5, 0.6) is 5.75 Å². The number of rotatable bonds is 8. The molecule has 2 aromatic rings. The third-order valence-electron chi connectivity index (χ3n) is 4.36. The van der Waals surface area contributed by atoms with Crippen molar-refractivity contribution >= 4 is 39.3 Å². The molecular weight excluding hydrogens is 456 g/mol. The maximum atomic E-state index is 13.0. The fourth-order valence-electron chi connectivity index (χ4n) is 2.71. The van der Waals surface area contributed by atoms with Gasteiger partial charge < -0.3 is 15.0 Å². The van der Waals surface area contributed by atoms with Gasteiger partial charge in [-0.3, -0.25) is 9.59 Å². The van der Waals surface area contributed by atoms with Crippen LogP contribution in [-0.2, 0) is 16.1 Å². The molecule has 0 saturated carbocycles. The van der Waals surface area contributed by atoms with Gasteiger partial charge in [-0.05, 0) is 69.2 Å². The van der Waals surface area contributed by atoms with Crippen molar-refractivity contribution in [3.63, 3.8) is 0 Å². The molecular formula is C22H26BrClN2O3. The first-order valence-electron chi connectivity index (χ1n) is 9.40. The Morgan fingerprint density at radius 2 is 1.79 bits per heavy atom. The Balaban J connectivity index is 2.15. The lowest BCUT2D eigenvalue weighted by atomic mass is 10.1. The molecule has 1 N–H and O–H groups in total. The Hall–Kier alpha value is -2.05. The van der Waals surface area contributed by atoms with Crippen molar-refractivity contribution in [2.45, 2.75) is 46.3 Å². The molecule has 29 heavy (non-hydrogen) atoms. The van der Waals surface area contributed by atoms with E-state index >= 15 is 0 Å². The van der Waals surface area contributed by atoms with Crippen LogP contribution in [0.3, 0.4) is 0 Å². The van der Waals surface area contributed by atoms with Crippen molar-refractivity contribution < 1.29 is 14.3 Å². The zero-order chi connectivity index (χ0) is 21.6. The summed E-state index contributed by atoms with van der Waals surface area (Å²) in [5.41, 5.74) is 1.79. The highest BCUT2D eigenvalue weighted by Crippen LogP contribution is 2.21. The molecule has 0 spiro atoms. The number of nitrogens with one attached hydrogen (secondary N) is 1. The van der Waals surface area contributed by atoms with E-state index in [4.69, 9.17) is 16.3 Å². The van der Waals surface area contributed by atoms with E-state index in [9.17, 15) is 9.59 Å². The van der Waals surface area contributed by atoms with Gasteiger partial charge in [-0.2, -0.15) is 0 Å².